The maximum Gasteiger partial charge on any atom is 0.336 e. The molecule has 9 heteroatoms. The molecule has 0 saturated carbocycles. The third-order valence-corrected chi connectivity index (χ3v) is 4.58. The molecule has 2 rings (SSSR count). The van der Waals surface area contributed by atoms with Crippen molar-refractivity contribution in [2.24, 2.45) is 4.99 Å². The minimum Gasteiger partial charge on any atom is -0.463 e. The second-order valence-corrected chi connectivity index (χ2v) is 6.46. The van der Waals surface area contributed by atoms with Gasteiger partial charge in [-0.05, 0) is 44.3 Å². The predicted octanol–water partition coefficient (Wildman–Crippen LogP) is 4.43. The van der Waals surface area contributed by atoms with Crippen molar-refractivity contribution in [1.82, 2.24) is 4.90 Å². The van der Waals surface area contributed by atoms with Gasteiger partial charge < -0.3 is 9.64 Å². The van der Waals surface area contributed by atoms with Crippen molar-refractivity contribution in [2.45, 2.75) is 32.7 Å². The molecule has 0 bridgehead atoms. The first-order valence-electron chi connectivity index (χ1n) is 8.15. The second kappa shape index (κ2) is 9.17. The number of halogens is 3. The van der Waals surface area contributed by atoms with Crippen LogP contribution in [0.15, 0.2) is 34.5 Å². The predicted molar refractivity (Wildman–Crippen MR) is 100 cm³/mol. The van der Waals surface area contributed by atoms with Crippen LogP contribution in [0.3, 0.4) is 0 Å². The lowest BCUT2D eigenvalue weighted by Gasteiger charge is -2.34. The minimum absolute atomic E-state index is 0.00950. The first-order chi connectivity index (χ1) is 12.8. The molecule has 0 radical (unpaired) electrons. The summed E-state index contributed by atoms with van der Waals surface area (Å²) in [6.07, 6.45) is -2.59. The second-order valence-electron chi connectivity index (χ2n) is 5.87. The largest absolute Gasteiger partial charge is 0.463 e. The molecule has 144 valence electrons. The topological polar surface area (TPSA) is 59.0 Å². The van der Waals surface area contributed by atoms with Gasteiger partial charge in [-0.2, -0.15) is 4.99 Å². The number of hydrogen-bond acceptors (Lipinski definition) is 5. The molecule has 1 aromatic rings. The standard InChI is InChI=1S/C18H17ClF2N2O3S/c1-3-26-18(25)13-6-10(2)23(8-15(13)22-9-27)17(24)11-4-5-14(19)12(7-11)16(20)21/h4-5,7,10,16H,3,6,8H2,1-2H3/t10-/m1/s1. The number of rotatable bonds is 5. The van der Waals surface area contributed by atoms with Crippen LogP contribution in [-0.4, -0.2) is 41.1 Å². The maximum atomic E-state index is 13.1. The van der Waals surface area contributed by atoms with Crippen LogP contribution in [-0.2, 0) is 9.53 Å². The number of benzene rings is 1. The highest BCUT2D eigenvalue weighted by Crippen LogP contribution is 2.30. The fourth-order valence-corrected chi connectivity index (χ4v) is 3.11. The number of ether oxygens (including phenoxy) is 1. The van der Waals surface area contributed by atoms with Crippen molar-refractivity contribution in [2.75, 3.05) is 13.2 Å². The summed E-state index contributed by atoms with van der Waals surface area (Å²) in [7, 11) is 0. The number of isothiocyanates is 1. The van der Waals surface area contributed by atoms with E-state index in [0.717, 1.165) is 6.07 Å². The van der Waals surface area contributed by atoms with Gasteiger partial charge in [0.1, 0.15) is 0 Å². The van der Waals surface area contributed by atoms with E-state index in [1.54, 1.807) is 13.8 Å². The van der Waals surface area contributed by atoms with Gasteiger partial charge in [0, 0.05) is 28.6 Å². The summed E-state index contributed by atoms with van der Waals surface area (Å²) in [5, 5.41) is 2.09. The van der Waals surface area contributed by atoms with Crippen molar-refractivity contribution < 1.29 is 23.1 Å². The number of aliphatic imine (C=N–C) groups is 1. The fraction of sp³-hybridized carbons (Fsp3) is 0.389. The molecular formula is C18H17ClF2N2O3S. The molecule has 5 nitrogen and oxygen atoms in total. The Morgan fingerprint density at radius 3 is 2.78 bits per heavy atom. The fourth-order valence-electron chi connectivity index (χ4n) is 2.80. The molecule has 1 heterocycles. The monoisotopic (exact) mass is 414 g/mol. The maximum absolute atomic E-state index is 13.1. The Hall–Kier alpha value is -2.15. The Kier molecular flexibility index (Phi) is 7.18. The van der Waals surface area contributed by atoms with Gasteiger partial charge in [-0.25, -0.2) is 13.6 Å². The Balaban J connectivity index is 2.37. The molecule has 0 unspecified atom stereocenters. The molecular weight excluding hydrogens is 398 g/mol. The summed E-state index contributed by atoms with van der Waals surface area (Å²) >= 11 is 10.4. The van der Waals surface area contributed by atoms with Crippen LogP contribution >= 0.6 is 23.8 Å². The third-order valence-electron chi connectivity index (χ3n) is 4.14. The first-order valence-corrected chi connectivity index (χ1v) is 8.94. The zero-order valence-electron chi connectivity index (χ0n) is 14.7. The number of amides is 1. The lowest BCUT2D eigenvalue weighted by Crippen LogP contribution is -2.44. The summed E-state index contributed by atoms with van der Waals surface area (Å²) in [5.74, 6) is -0.993. The third kappa shape index (κ3) is 4.77. The summed E-state index contributed by atoms with van der Waals surface area (Å²) in [6.45, 7) is 3.63. The van der Waals surface area contributed by atoms with Crippen LogP contribution in [0.1, 0.15) is 42.6 Å². The number of carbonyl (C=O) groups excluding carboxylic acids is 2. The van der Waals surface area contributed by atoms with Crippen LogP contribution in [0.4, 0.5) is 8.78 Å². The highest BCUT2D eigenvalue weighted by atomic mass is 35.5. The van der Waals surface area contributed by atoms with Gasteiger partial charge in [0.15, 0.2) is 0 Å². The van der Waals surface area contributed by atoms with E-state index in [4.69, 9.17) is 16.3 Å². The molecule has 1 aliphatic rings. The van der Waals surface area contributed by atoms with E-state index in [-0.39, 0.29) is 41.9 Å². The summed E-state index contributed by atoms with van der Waals surface area (Å²) in [4.78, 5) is 30.3. The molecule has 1 aromatic carbocycles. The summed E-state index contributed by atoms with van der Waals surface area (Å²) in [6, 6.07) is 3.36. The molecule has 0 saturated heterocycles. The molecule has 1 amide bonds. The Labute approximate surface area is 165 Å². The molecule has 0 N–H and O–H groups in total. The van der Waals surface area contributed by atoms with E-state index in [2.05, 4.69) is 22.4 Å². The average molecular weight is 415 g/mol. The van der Waals surface area contributed by atoms with E-state index in [9.17, 15) is 18.4 Å². The lowest BCUT2D eigenvalue weighted by atomic mass is 9.97. The molecule has 0 aliphatic carbocycles. The van der Waals surface area contributed by atoms with Crippen molar-refractivity contribution >= 4 is 40.9 Å². The molecule has 1 aliphatic heterocycles. The molecule has 0 aromatic heterocycles. The number of carbonyl (C=O) groups is 2. The van der Waals surface area contributed by atoms with Gasteiger partial charge in [-0.3, -0.25) is 4.79 Å². The molecule has 1 atom stereocenters. The van der Waals surface area contributed by atoms with Crippen molar-refractivity contribution in [3.63, 3.8) is 0 Å². The Morgan fingerprint density at radius 1 is 1.48 bits per heavy atom. The highest BCUT2D eigenvalue weighted by molar-refractivity contribution is 7.78. The number of thiocarbonyl (C=S) groups is 1. The van der Waals surface area contributed by atoms with Crippen LogP contribution in [0, 0.1) is 0 Å². The van der Waals surface area contributed by atoms with E-state index in [1.807, 2.05) is 0 Å². The number of nitrogens with zero attached hydrogens (tertiary/aromatic N) is 2. The van der Waals surface area contributed by atoms with Crippen LogP contribution in [0.2, 0.25) is 5.02 Å². The Morgan fingerprint density at radius 2 is 2.19 bits per heavy atom. The molecule has 27 heavy (non-hydrogen) atoms. The van der Waals surface area contributed by atoms with Gasteiger partial charge in [-0.15, -0.1) is 0 Å². The number of hydrogen-bond donors (Lipinski definition) is 0. The Bertz CT molecular complexity index is 838. The number of alkyl halides is 2. The van der Waals surface area contributed by atoms with Gasteiger partial charge in [0.25, 0.3) is 12.3 Å². The van der Waals surface area contributed by atoms with Gasteiger partial charge in [0.2, 0.25) is 0 Å². The van der Waals surface area contributed by atoms with Crippen LogP contribution in [0.25, 0.3) is 0 Å². The van der Waals surface area contributed by atoms with Gasteiger partial charge in [-0.1, -0.05) is 11.6 Å². The smallest absolute Gasteiger partial charge is 0.336 e. The first kappa shape index (κ1) is 21.2. The zero-order chi connectivity index (χ0) is 20.1. The van der Waals surface area contributed by atoms with E-state index < -0.39 is 23.9 Å². The van der Waals surface area contributed by atoms with E-state index in [0.29, 0.717) is 5.57 Å². The van der Waals surface area contributed by atoms with Crippen LogP contribution < -0.4 is 0 Å². The van der Waals surface area contributed by atoms with Gasteiger partial charge in [0.05, 0.1) is 29.6 Å². The normalized spacial score (nSPS) is 17.0. The lowest BCUT2D eigenvalue weighted by molar-refractivity contribution is -0.139. The van der Waals surface area contributed by atoms with Crippen molar-refractivity contribution in [3.8, 4) is 0 Å². The molecule has 0 fully saturated rings. The summed E-state index contributed by atoms with van der Waals surface area (Å²) < 4.78 is 31.1. The minimum atomic E-state index is -2.80. The SMILES string of the molecule is CCOC(=O)C1=C(N=C=S)CN(C(=O)c2ccc(Cl)c(C(F)F)c2)[C@H](C)C1. The van der Waals surface area contributed by atoms with Crippen LogP contribution in [0.5, 0.6) is 0 Å². The highest BCUT2D eigenvalue weighted by Gasteiger charge is 2.33. The summed E-state index contributed by atoms with van der Waals surface area (Å²) in [5.41, 5.74) is 0.270. The van der Waals surface area contributed by atoms with Crippen molar-refractivity contribution in [3.05, 3.63) is 45.6 Å². The average Bonchev–Trinajstić information content (AvgIpc) is 2.62. The van der Waals surface area contributed by atoms with Gasteiger partial charge >= 0.3 is 5.97 Å². The van der Waals surface area contributed by atoms with E-state index in [1.165, 1.54) is 17.0 Å². The van der Waals surface area contributed by atoms with Crippen molar-refractivity contribution in [1.29, 1.82) is 0 Å². The zero-order valence-corrected chi connectivity index (χ0v) is 16.2. The van der Waals surface area contributed by atoms with E-state index >= 15 is 0 Å². The number of esters is 1. The quantitative estimate of drug-likeness (QED) is 0.406. The molecule has 0 spiro atoms.